The highest BCUT2D eigenvalue weighted by molar-refractivity contribution is 5.67. The highest BCUT2D eigenvalue weighted by Crippen LogP contribution is 2.68. The zero-order valence-corrected chi connectivity index (χ0v) is 22.5. The van der Waals surface area contributed by atoms with Crippen LogP contribution < -0.4 is 5.32 Å². The van der Waals surface area contributed by atoms with Crippen molar-refractivity contribution in [2.45, 2.75) is 129 Å². The Bertz CT molecular complexity index is 753. The molecule has 0 aromatic rings. The van der Waals surface area contributed by atoms with Gasteiger partial charge in [0, 0.05) is 6.54 Å². The Morgan fingerprint density at radius 1 is 0.943 bits per heavy atom. The summed E-state index contributed by atoms with van der Waals surface area (Å²) in [5, 5.41) is 24.8. The molecule has 0 spiro atoms. The Labute approximate surface area is 213 Å². The van der Waals surface area contributed by atoms with E-state index in [2.05, 4.69) is 26.1 Å². The molecule has 0 saturated heterocycles. The van der Waals surface area contributed by atoms with Gasteiger partial charge in [0.15, 0.2) is 0 Å². The summed E-state index contributed by atoms with van der Waals surface area (Å²) in [6.07, 6.45) is 15.0. The van der Waals surface area contributed by atoms with Crippen molar-refractivity contribution >= 4 is 6.09 Å². The molecule has 0 radical (unpaired) electrons. The Morgan fingerprint density at radius 3 is 2.43 bits per heavy atom. The first-order valence-electron chi connectivity index (χ1n) is 15.0. The van der Waals surface area contributed by atoms with Gasteiger partial charge in [0.2, 0.25) is 0 Å². The number of ether oxygens (including phenoxy) is 1. The number of hydrogen-bond donors (Lipinski definition) is 3. The Balaban J connectivity index is 1.18. The lowest BCUT2D eigenvalue weighted by Gasteiger charge is -2.62. The van der Waals surface area contributed by atoms with Crippen LogP contribution in [0.5, 0.6) is 0 Å². The van der Waals surface area contributed by atoms with Gasteiger partial charge < -0.3 is 20.3 Å². The Morgan fingerprint density at radius 2 is 1.66 bits per heavy atom. The number of carbonyl (C=O) groups excluding carboxylic acids is 1. The molecule has 1 amide bonds. The lowest BCUT2D eigenvalue weighted by molar-refractivity contribution is -0.174. The maximum atomic E-state index is 12.3. The molecule has 0 bridgehead atoms. The normalized spacial score (nSPS) is 46.7. The molecule has 5 fully saturated rings. The van der Waals surface area contributed by atoms with Crippen LogP contribution in [0.1, 0.15) is 111 Å². The quantitative estimate of drug-likeness (QED) is 0.438. The lowest BCUT2D eigenvalue weighted by atomic mass is 9.43. The predicted octanol–water partition coefficient (Wildman–Crippen LogP) is 6.06. The predicted molar refractivity (Wildman–Crippen MR) is 138 cm³/mol. The van der Waals surface area contributed by atoms with E-state index < -0.39 is 0 Å². The standard InChI is InChI=1S/C30H51NO4/c1-19(13-16-31-28(34)35-22-7-5-4-6-8-22)23-9-10-24-27-25(12-15-30(23,24)3)29(2)14-11-21(32)17-20(29)18-26(27)33/h19-27,32-33H,4-18H2,1-3H3,(H,31,34)/t19-,20+,21-,23-,24+,25+,26-,27+,29+,30-/m1/s1. The molecule has 0 unspecified atom stereocenters. The molecular weight excluding hydrogens is 438 g/mol. The molecule has 5 heteroatoms. The van der Waals surface area contributed by atoms with E-state index in [-0.39, 0.29) is 29.8 Å². The molecular formula is C30H51NO4. The molecule has 200 valence electrons. The maximum Gasteiger partial charge on any atom is 0.407 e. The Hall–Kier alpha value is -0.810. The van der Waals surface area contributed by atoms with Crippen molar-refractivity contribution in [1.82, 2.24) is 5.32 Å². The second-order valence-corrected chi connectivity index (χ2v) is 13.8. The van der Waals surface area contributed by atoms with Crippen LogP contribution in [-0.4, -0.2) is 41.2 Å². The topological polar surface area (TPSA) is 78.8 Å². The van der Waals surface area contributed by atoms with E-state index in [0.717, 1.165) is 44.9 Å². The van der Waals surface area contributed by atoms with E-state index in [1.165, 1.54) is 44.9 Å². The van der Waals surface area contributed by atoms with Crippen LogP contribution >= 0.6 is 0 Å². The van der Waals surface area contributed by atoms with Gasteiger partial charge in [-0.15, -0.1) is 0 Å². The molecule has 0 aromatic carbocycles. The second kappa shape index (κ2) is 10.2. The summed E-state index contributed by atoms with van der Waals surface area (Å²) in [5.74, 6) is 3.33. The smallest absolute Gasteiger partial charge is 0.407 e. The SMILES string of the molecule is C[C@H](CCNC(=O)OC1CCCCC1)[C@H]1CC[C@H]2[C@@H]3[C@H](O)C[C@@H]4C[C@H](O)CC[C@]4(C)[C@H]3CC[C@]12C. The number of aliphatic hydroxyl groups is 2. The maximum absolute atomic E-state index is 12.3. The summed E-state index contributed by atoms with van der Waals surface area (Å²) < 4.78 is 5.64. The fraction of sp³-hybridized carbons (Fsp3) is 0.967. The van der Waals surface area contributed by atoms with Crippen LogP contribution in [0.15, 0.2) is 0 Å². The highest BCUT2D eigenvalue weighted by Gasteiger charge is 2.62. The van der Waals surface area contributed by atoms with Gasteiger partial charge in [0.25, 0.3) is 0 Å². The molecule has 10 atom stereocenters. The van der Waals surface area contributed by atoms with E-state index in [9.17, 15) is 15.0 Å². The van der Waals surface area contributed by atoms with E-state index in [4.69, 9.17) is 4.74 Å². The van der Waals surface area contributed by atoms with Gasteiger partial charge in [-0.3, -0.25) is 0 Å². The third-order valence-electron chi connectivity index (χ3n) is 12.1. The molecule has 3 N–H and O–H groups in total. The molecule has 5 rings (SSSR count). The summed E-state index contributed by atoms with van der Waals surface area (Å²) >= 11 is 0. The number of amides is 1. The van der Waals surface area contributed by atoms with Crippen LogP contribution in [0.2, 0.25) is 0 Å². The number of hydrogen-bond acceptors (Lipinski definition) is 4. The number of nitrogens with one attached hydrogen (secondary N) is 1. The number of rotatable bonds is 5. The largest absolute Gasteiger partial charge is 0.446 e. The molecule has 35 heavy (non-hydrogen) atoms. The minimum Gasteiger partial charge on any atom is -0.446 e. The van der Waals surface area contributed by atoms with Gasteiger partial charge in [-0.2, -0.15) is 0 Å². The third kappa shape index (κ3) is 4.78. The van der Waals surface area contributed by atoms with E-state index in [0.29, 0.717) is 47.5 Å². The average molecular weight is 490 g/mol. The third-order valence-corrected chi connectivity index (χ3v) is 12.1. The van der Waals surface area contributed by atoms with Gasteiger partial charge in [-0.1, -0.05) is 27.2 Å². The van der Waals surface area contributed by atoms with Crippen molar-refractivity contribution in [2.24, 2.45) is 46.3 Å². The van der Waals surface area contributed by atoms with E-state index in [1.807, 2.05) is 0 Å². The van der Waals surface area contributed by atoms with Crippen molar-refractivity contribution in [3.63, 3.8) is 0 Å². The molecule has 5 nitrogen and oxygen atoms in total. The molecule has 5 aliphatic rings. The van der Waals surface area contributed by atoms with Crippen LogP contribution in [0.3, 0.4) is 0 Å². The first-order chi connectivity index (χ1) is 16.7. The summed E-state index contributed by atoms with van der Waals surface area (Å²) in [5.41, 5.74) is 0.582. The number of alkyl carbamates (subject to hydrolysis) is 1. The summed E-state index contributed by atoms with van der Waals surface area (Å²) in [6, 6.07) is 0. The molecule has 0 aliphatic heterocycles. The van der Waals surface area contributed by atoms with Crippen molar-refractivity contribution in [3.8, 4) is 0 Å². The number of carbonyl (C=O) groups is 1. The molecule has 0 aromatic heterocycles. The highest BCUT2D eigenvalue weighted by atomic mass is 16.6. The van der Waals surface area contributed by atoms with Gasteiger partial charge in [-0.25, -0.2) is 4.79 Å². The Kier molecular flexibility index (Phi) is 7.49. The van der Waals surface area contributed by atoms with Gasteiger partial charge in [0.05, 0.1) is 12.2 Å². The summed E-state index contributed by atoms with van der Waals surface area (Å²) in [7, 11) is 0. The van der Waals surface area contributed by atoms with Crippen LogP contribution in [0.4, 0.5) is 4.79 Å². The van der Waals surface area contributed by atoms with Crippen molar-refractivity contribution in [3.05, 3.63) is 0 Å². The fourth-order valence-electron chi connectivity index (χ4n) is 10.2. The summed E-state index contributed by atoms with van der Waals surface area (Å²) in [4.78, 5) is 12.3. The monoisotopic (exact) mass is 489 g/mol. The first-order valence-corrected chi connectivity index (χ1v) is 15.0. The zero-order valence-electron chi connectivity index (χ0n) is 22.5. The minimum atomic E-state index is -0.231. The van der Waals surface area contributed by atoms with Crippen molar-refractivity contribution < 1.29 is 19.7 Å². The number of fused-ring (bicyclic) bond motifs is 5. The van der Waals surface area contributed by atoms with Crippen LogP contribution in [-0.2, 0) is 4.74 Å². The lowest BCUT2D eigenvalue weighted by Crippen LogP contribution is -2.58. The number of aliphatic hydroxyl groups excluding tert-OH is 2. The van der Waals surface area contributed by atoms with Crippen LogP contribution in [0, 0.1) is 46.3 Å². The van der Waals surface area contributed by atoms with Gasteiger partial charge in [-0.05, 0) is 130 Å². The van der Waals surface area contributed by atoms with Gasteiger partial charge >= 0.3 is 6.09 Å². The van der Waals surface area contributed by atoms with E-state index in [1.54, 1.807) is 0 Å². The molecule has 5 aliphatic carbocycles. The minimum absolute atomic E-state index is 0.113. The van der Waals surface area contributed by atoms with Crippen molar-refractivity contribution in [2.75, 3.05) is 6.54 Å². The fourth-order valence-corrected chi connectivity index (χ4v) is 10.2. The zero-order chi connectivity index (χ0) is 24.8. The van der Waals surface area contributed by atoms with Crippen LogP contribution in [0.25, 0.3) is 0 Å². The molecule has 5 saturated carbocycles. The summed E-state index contributed by atoms with van der Waals surface area (Å²) in [6.45, 7) is 8.10. The van der Waals surface area contributed by atoms with E-state index >= 15 is 0 Å². The van der Waals surface area contributed by atoms with Crippen molar-refractivity contribution in [1.29, 1.82) is 0 Å². The van der Waals surface area contributed by atoms with Gasteiger partial charge in [0.1, 0.15) is 6.10 Å². The average Bonchev–Trinajstić information content (AvgIpc) is 3.18. The second-order valence-electron chi connectivity index (χ2n) is 13.8. The first kappa shape index (κ1) is 25.8. The molecule has 0 heterocycles.